The van der Waals surface area contributed by atoms with Gasteiger partial charge in [-0.05, 0) is 19.4 Å². The maximum Gasteiger partial charge on any atom is 0.303 e. The van der Waals surface area contributed by atoms with Gasteiger partial charge >= 0.3 is 5.97 Å². The molecule has 1 rings (SSSR count). The smallest absolute Gasteiger partial charge is 0.303 e. The molecule has 5 nitrogen and oxygen atoms in total. The highest BCUT2D eigenvalue weighted by Crippen LogP contribution is 2.07. The van der Waals surface area contributed by atoms with Crippen LogP contribution in [0.5, 0.6) is 0 Å². The standard InChI is InChI=1S/C10H13NO4/c1-7-8(4-6-15-7)10(14)11-5-2-3-9(12)13/h4,6H,2-3,5H2,1H3,(H,11,14)(H,12,13). The van der Waals surface area contributed by atoms with Gasteiger partial charge in [-0.25, -0.2) is 0 Å². The highest BCUT2D eigenvalue weighted by atomic mass is 16.4. The molecule has 1 aromatic heterocycles. The summed E-state index contributed by atoms with van der Waals surface area (Å²) in [5.41, 5.74) is 0.491. The third-order valence-corrected chi connectivity index (χ3v) is 1.96. The third kappa shape index (κ3) is 3.46. The monoisotopic (exact) mass is 211 g/mol. The van der Waals surface area contributed by atoms with Crippen molar-refractivity contribution in [2.24, 2.45) is 0 Å². The third-order valence-electron chi connectivity index (χ3n) is 1.96. The van der Waals surface area contributed by atoms with Crippen LogP contribution in [0.3, 0.4) is 0 Å². The van der Waals surface area contributed by atoms with Crippen molar-refractivity contribution in [3.05, 3.63) is 23.7 Å². The van der Waals surface area contributed by atoms with Crippen molar-refractivity contribution in [1.29, 1.82) is 0 Å². The first-order valence-electron chi connectivity index (χ1n) is 4.65. The van der Waals surface area contributed by atoms with E-state index in [9.17, 15) is 9.59 Å². The van der Waals surface area contributed by atoms with Crippen LogP contribution in [0, 0.1) is 6.92 Å². The molecule has 0 aromatic carbocycles. The maximum atomic E-state index is 11.5. The van der Waals surface area contributed by atoms with Gasteiger partial charge in [0.2, 0.25) is 0 Å². The molecular formula is C10H13NO4. The second-order valence-corrected chi connectivity index (χ2v) is 3.14. The van der Waals surface area contributed by atoms with E-state index in [2.05, 4.69) is 5.32 Å². The van der Waals surface area contributed by atoms with E-state index in [1.54, 1.807) is 13.0 Å². The van der Waals surface area contributed by atoms with Gasteiger partial charge in [0.1, 0.15) is 5.76 Å². The van der Waals surface area contributed by atoms with Gasteiger partial charge in [-0.2, -0.15) is 0 Å². The fourth-order valence-electron chi connectivity index (χ4n) is 1.16. The van der Waals surface area contributed by atoms with Crippen LogP contribution in [0.15, 0.2) is 16.7 Å². The first-order chi connectivity index (χ1) is 7.11. The second-order valence-electron chi connectivity index (χ2n) is 3.14. The zero-order valence-electron chi connectivity index (χ0n) is 8.45. The van der Waals surface area contributed by atoms with Crippen molar-refractivity contribution in [2.75, 3.05) is 6.54 Å². The Balaban J connectivity index is 2.31. The molecule has 5 heteroatoms. The number of aliphatic carboxylic acids is 1. The maximum absolute atomic E-state index is 11.5. The van der Waals surface area contributed by atoms with Crippen LogP contribution >= 0.6 is 0 Å². The van der Waals surface area contributed by atoms with E-state index in [1.165, 1.54) is 6.26 Å². The van der Waals surface area contributed by atoms with Gasteiger partial charge in [0.05, 0.1) is 11.8 Å². The Kier molecular flexibility index (Phi) is 3.91. The number of amides is 1. The minimum atomic E-state index is -0.858. The summed E-state index contributed by atoms with van der Waals surface area (Å²) in [6.07, 6.45) is 1.93. The fraction of sp³-hybridized carbons (Fsp3) is 0.400. The number of carboxylic acids is 1. The van der Waals surface area contributed by atoms with Crippen molar-refractivity contribution in [3.8, 4) is 0 Å². The summed E-state index contributed by atoms with van der Waals surface area (Å²) in [6.45, 7) is 2.06. The van der Waals surface area contributed by atoms with E-state index in [-0.39, 0.29) is 12.3 Å². The van der Waals surface area contributed by atoms with Crippen LogP contribution in [0.1, 0.15) is 29.0 Å². The first kappa shape index (κ1) is 11.3. The Bertz CT molecular complexity index is 356. The molecule has 0 aliphatic heterocycles. The van der Waals surface area contributed by atoms with E-state index in [4.69, 9.17) is 9.52 Å². The molecule has 0 radical (unpaired) electrons. The first-order valence-corrected chi connectivity index (χ1v) is 4.65. The fourth-order valence-corrected chi connectivity index (χ4v) is 1.16. The quantitative estimate of drug-likeness (QED) is 0.717. The Morgan fingerprint density at radius 1 is 1.53 bits per heavy atom. The van der Waals surface area contributed by atoms with Crippen LogP contribution in [-0.4, -0.2) is 23.5 Å². The Hall–Kier alpha value is -1.78. The average molecular weight is 211 g/mol. The van der Waals surface area contributed by atoms with Crippen molar-refractivity contribution in [1.82, 2.24) is 5.32 Å². The highest BCUT2D eigenvalue weighted by Gasteiger charge is 2.10. The lowest BCUT2D eigenvalue weighted by Gasteiger charge is -2.02. The summed E-state index contributed by atoms with van der Waals surface area (Å²) < 4.78 is 4.98. The lowest BCUT2D eigenvalue weighted by molar-refractivity contribution is -0.137. The molecule has 0 bridgehead atoms. The predicted octanol–water partition coefficient (Wildman–Crippen LogP) is 1.18. The van der Waals surface area contributed by atoms with Gasteiger partial charge in [-0.15, -0.1) is 0 Å². The summed E-state index contributed by atoms with van der Waals surface area (Å²) in [5.74, 6) is -0.527. The lowest BCUT2D eigenvalue weighted by atomic mass is 10.2. The van der Waals surface area contributed by atoms with Crippen LogP contribution in [0.4, 0.5) is 0 Å². The topological polar surface area (TPSA) is 79.5 Å². The zero-order valence-corrected chi connectivity index (χ0v) is 8.45. The van der Waals surface area contributed by atoms with E-state index in [1.807, 2.05) is 0 Å². The van der Waals surface area contributed by atoms with E-state index in [0.29, 0.717) is 24.3 Å². The Morgan fingerprint density at radius 3 is 2.80 bits per heavy atom. The van der Waals surface area contributed by atoms with E-state index < -0.39 is 5.97 Å². The number of hydrogen-bond donors (Lipinski definition) is 2. The van der Waals surface area contributed by atoms with Gasteiger partial charge in [-0.1, -0.05) is 0 Å². The number of carbonyl (C=O) groups excluding carboxylic acids is 1. The minimum Gasteiger partial charge on any atom is -0.481 e. The summed E-state index contributed by atoms with van der Waals surface area (Å²) in [7, 11) is 0. The lowest BCUT2D eigenvalue weighted by Crippen LogP contribution is -2.25. The van der Waals surface area contributed by atoms with Crippen molar-refractivity contribution in [2.45, 2.75) is 19.8 Å². The molecule has 15 heavy (non-hydrogen) atoms. The number of hydrogen-bond acceptors (Lipinski definition) is 3. The molecule has 0 saturated carbocycles. The van der Waals surface area contributed by atoms with Crippen LogP contribution in [0.2, 0.25) is 0 Å². The molecule has 0 aliphatic carbocycles. The molecule has 0 saturated heterocycles. The molecular weight excluding hydrogens is 198 g/mol. The summed E-state index contributed by atoms with van der Waals surface area (Å²) in [6, 6.07) is 1.59. The summed E-state index contributed by atoms with van der Waals surface area (Å²) in [4.78, 5) is 21.7. The molecule has 1 amide bonds. The van der Waals surface area contributed by atoms with Gasteiger partial charge in [0, 0.05) is 13.0 Å². The zero-order chi connectivity index (χ0) is 11.3. The second kappa shape index (κ2) is 5.19. The number of nitrogens with one attached hydrogen (secondary N) is 1. The van der Waals surface area contributed by atoms with Gasteiger partial charge in [0.25, 0.3) is 5.91 Å². The van der Waals surface area contributed by atoms with Crippen molar-refractivity contribution in [3.63, 3.8) is 0 Å². The SMILES string of the molecule is Cc1occc1C(=O)NCCCC(=O)O. The Morgan fingerprint density at radius 2 is 2.27 bits per heavy atom. The molecule has 0 atom stereocenters. The Labute approximate surface area is 87.1 Å². The molecule has 0 spiro atoms. The highest BCUT2D eigenvalue weighted by molar-refractivity contribution is 5.95. The molecule has 0 unspecified atom stereocenters. The normalized spacial score (nSPS) is 9.93. The van der Waals surface area contributed by atoms with Gasteiger partial charge in [-0.3, -0.25) is 9.59 Å². The minimum absolute atomic E-state index is 0.0602. The molecule has 2 N–H and O–H groups in total. The number of furan rings is 1. The summed E-state index contributed by atoms with van der Waals surface area (Å²) >= 11 is 0. The van der Waals surface area contributed by atoms with Crippen LogP contribution in [-0.2, 0) is 4.79 Å². The molecule has 1 heterocycles. The number of carboxylic acid groups (broad SMARTS) is 1. The largest absolute Gasteiger partial charge is 0.481 e. The number of rotatable bonds is 5. The summed E-state index contributed by atoms with van der Waals surface area (Å²) in [5, 5.41) is 11.0. The molecule has 1 aromatic rings. The number of carbonyl (C=O) groups is 2. The van der Waals surface area contributed by atoms with Gasteiger partial charge in [0.15, 0.2) is 0 Å². The average Bonchev–Trinajstić information content (AvgIpc) is 2.58. The van der Waals surface area contributed by atoms with Crippen molar-refractivity contribution < 1.29 is 19.1 Å². The van der Waals surface area contributed by atoms with Crippen LogP contribution in [0.25, 0.3) is 0 Å². The molecule has 82 valence electrons. The van der Waals surface area contributed by atoms with E-state index >= 15 is 0 Å². The molecule has 0 fully saturated rings. The van der Waals surface area contributed by atoms with E-state index in [0.717, 1.165) is 0 Å². The van der Waals surface area contributed by atoms with Crippen LogP contribution < -0.4 is 5.32 Å². The van der Waals surface area contributed by atoms with Crippen molar-refractivity contribution >= 4 is 11.9 Å². The number of aryl methyl sites for hydroxylation is 1. The predicted molar refractivity (Wildman–Crippen MR) is 52.6 cm³/mol. The van der Waals surface area contributed by atoms with Gasteiger partial charge < -0.3 is 14.8 Å². The molecule has 0 aliphatic rings.